The Bertz CT molecular complexity index is 1040. The van der Waals surface area contributed by atoms with Crippen molar-refractivity contribution in [1.82, 2.24) is 0 Å². The number of hydrogen-bond acceptors (Lipinski definition) is 4. The van der Waals surface area contributed by atoms with Crippen molar-refractivity contribution in [1.29, 1.82) is 0 Å². The van der Waals surface area contributed by atoms with Crippen molar-refractivity contribution < 1.29 is 13.2 Å². The van der Waals surface area contributed by atoms with Crippen molar-refractivity contribution >= 4 is 61.6 Å². The van der Waals surface area contributed by atoms with Crippen LogP contribution in [0, 0.1) is 0 Å². The van der Waals surface area contributed by atoms with E-state index >= 15 is 0 Å². The minimum Gasteiger partial charge on any atom is -0.316 e. The maximum absolute atomic E-state index is 12.6. The summed E-state index contributed by atoms with van der Waals surface area (Å²) >= 11 is 13.5. The van der Waals surface area contributed by atoms with Gasteiger partial charge in [0.2, 0.25) is 0 Å². The zero-order valence-corrected chi connectivity index (χ0v) is 17.0. The summed E-state index contributed by atoms with van der Waals surface area (Å²) in [4.78, 5) is 18.6. The van der Waals surface area contributed by atoms with Gasteiger partial charge < -0.3 is 4.90 Å². The average molecular weight is 441 g/mol. The zero-order chi connectivity index (χ0) is 19.2. The van der Waals surface area contributed by atoms with Crippen LogP contribution in [0.4, 0.5) is 5.69 Å². The molecule has 0 unspecified atom stereocenters. The first kappa shape index (κ1) is 18.8. The number of sulfone groups is 1. The number of hydrogen-bond donors (Lipinski definition) is 0. The van der Waals surface area contributed by atoms with Crippen LogP contribution in [0.3, 0.4) is 0 Å². The molecule has 1 amide bonds. The molecule has 2 aromatic rings. The number of amides is 1. The molecule has 0 aliphatic carbocycles. The fraction of sp³-hybridized carbons (Fsp3) is 0.222. The Morgan fingerprint density at radius 3 is 2.52 bits per heavy atom. The molecule has 9 heteroatoms. The van der Waals surface area contributed by atoms with Gasteiger partial charge in [0, 0.05) is 16.5 Å². The normalized spacial score (nSPS) is 25.0. The highest BCUT2D eigenvalue weighted by Gasteiger charge is 2.49. The number of anilines is 1. The van der Waals surface area contributed by atoms with Crippen LogP contribution in [0.15, 0.2) is 53.5 Å². The van der Waals surface area contributed by atoms with Gasteiger partial charge >= 0.3 is 0 Å². The van der Waals surface area contributed by atoms with Gasteiger partial charge in [-0.15, -0.1) is 0 Å². The van der Waals surface area contributed by atoms with Crippen LogP contribution < -0.4 is 4.90 Å². The molecule has 0 N–H and O–H groups in total. The van der Waals surface area contributed by atoms with Crippen LogP contribution in [-0.2, 0) is 9.84 Å². The monoisotopic (exact) mass is 440 g/mol. The van der Waals surface area contributed by atoms with E-state index in [4.69, 9.17) is 23.2 Å². The van der Waals surface area contributed by atoms with Crippen molar-refractivity contribution in [3.8, 4) is 0 Å². The Morgan fingerprint density at radius 2 is 1.81 bits per heavy atom. The fourth-order valence-electron chi connectivity index (χ4n) is 3.23. The zero-order valence-electron chi connectivity index (χ0n) is 13.9. The number of amidine groups is 1. The predicted octanol–water partition coefficient (Wildman–Crippen LogP) is 3.91. The smallest absolute Gasteiger partial charge is 0.279 e. The first-order valence-electron chi connectivity index (χ1n) is 8.13. The number of fused-ring (bicyclic) bond motifs is 1. The number of carbonyl (C=O) groups excluding carboxylic acids is 1. The van der Waals surface area contributed by atoms with Crippen LogP contribution in [0.1, 0.15) is 10.4 Å². The highest BCUT2D eigenvalue weighted by molar-refractivity contribution is 8.16. The summed E-state index contributed by atoms with van der Waals surface area (Å²) in [6.45, 7) is 0. The molecule has 2 aliphatic heterocycles. The van der Waals surface area contributed by atoms with E-state index in [0.29, 0.717) is 26.5 Å². The summed E-state index contributed by atoms with van der Waals surface area (Å²) in [5, 5.41) is 1.07. The lowest BCUT2D eigenvalue weighted by Crippen LogP contribution is -2.37. The van der Waals surface area contributed by atoms with Crippen molar-refractivity contribution in [3.63, 3.8) is 0 Å². The number of halogens is 2. The van der Waals surface area contributed by atoms with Gasteiger partial charge in [0.05, 0.1) is 27.6 Å². The third kappa shape index (κ3) is 3.74. The molecule has 0 radical (unpaired) electrons. The molecule has 2 saturated heterocycles. The van der Waals surface area contributed by atoms with Crippen molar-refractivity contribution in [2.45, 2.75) is 11.3 Å². The highest BCUT2D eigenvalue weighted by atomic mass is 35.5. The molecule has 2 atom stereocenters. The maximum Gasteiger partial charge on any atom is 0.279 e. The van der Waals surface area contributed by atoms with E-state index in [9.17, 15) is 13.2 Å². The molecule has 5 nitrogen and oxygen atoms in total. The summed E-state index contributed by atoms with van der Waals surface area (Å²) in [5.74, 6) is -0.284. The van der Waals surface area contributed by atoms with Gasteiger partial charge in [-0.3, -0.25) is 4.79 Å². The quantitative estimate of drug-likeness (QED) is 0.707. The first-order chi connectivity index (χ1) is 12.8. The highest BCUT2D eigenvalue weighted by Crippen LogP contribution is 2.42. The molecular weight excluding hydrogens is 427 g/mol. The molecule has 2 aliphatic rings. The Hall–Kier alpha value is -1.54. The van der Waals surface area contributed by atoms with Crippen LogP contribution in [0.5, 0.6) is 0 Å². The Labute approximate surface area is 171 Å². The molecule has 27 heavy (non-hydrogen) atoms. The molecule has 4 rings (SSSR count). The SMILES string of the molecule is O=C(N=C1S[C@H]2CS(=O)(=O)C[C@@H]2N1c1ccc(Cl)c(Cl)c1)c1ccccc1. The summed E-state index contributed by atoms with van der Waals surface area (Å²) in [6.07, 6.45) is 0. The second-order valence-corrected chi connectivity index (χ2v) is 10.5. The fourth-order valence-corrected chi connectivity index (χ4v) is 7.44. The minimum absolute atomic E-state index is 0.0173. The Kier molecular flexibility index (Phi) is 4.96. The molecule has 140 valence electrons. The molecule has 0 spiro atoms. The van der Waals surface area contributed by atoms with Crippen molar-refractivity contribution in [2.24, 2.45) is 4.99 Å². The molecule has 2 fully saturated rings. The molecule has 0 aromatic heterocycles. The summed E-state index contributed by atoms with van der Waals surface area (Å²) in [5.41, 5.74) is 1.14. The number of aliphatic imine (C=N–C) groups is 1. The third-order valence-electron chi connectivity index (χ3n) is 4.47. The standard InChI is InChI=1S/C18H14Cl2N2O3S2/c19-13-7-6-12(8-14(13)20)22-15-9-27(24,25)10-16(15)26-18(22)21-17(23)11-4-2-1-3-5-11/h1-8,15-16H,9-10H2/t15-,16-/m0/s1. The summed E-state index contributed by atoms with van der Waals surface area (Å²) < 4.78 is 24.2. The number of carbonyl (C=O) groups is 1. The molecule has 2 heterocycles. The molecule has 0 bridgehead atoms. The number of thioether (sulfide) groups is 1. The molecule has 2 aromatic carbocycles. The van der Waals surface area contributed by atoms with E-state index in [1.165, 1.54) is 11.8 Å². The van der Waals surface area contributed by atoms with Gasteiger partial charge in [-0.1, -0.05) is 53.2 Å². The van der Waals surface area contributed by atoms with Crippen molar-refractivity contribution in [2.75, 3.05) is 16.4 Å². The average Bonchev–Trinajstić information content (AvgIpc) is 3.09. The summed E-state index contributed by atoms with van der Waals surface area (Å²) in [7, 11) is -3.13. The third-order valence-corrected chi connectivity index (χ3v) is 8.41. The lowest BCUT2D eigenvalue weighted by molar-refractivity contribution is 0.100. The second-order valence-electron chi connectivity index (χ2n) is 6.33. The number of benzene rings is 2. The molecular formula is C18H14Cl2N2O3S2. The van der Waals surface area contributed by atoms with E-state index in [1.807, 2.05) is 6.07 Å². The van der Waals surface area contributed by atoms with Crippen LogP contribution in [-0.4, -0.2) is 42.3 Å². The van der Waals surface area contributed by atoms with Gasteiger partial charge in [0.25, 0.3) is 5.91 Å². The van der Waals surface area contributed by atoms with E-state index in [2.05, 4.69) is 4.99 Å². The lowest BCUT2D eigenvalue weighted by Gasteiger charge is -2.24. The summed E-state index contributed by atoms with van der Waals surface area (Å²) in [6, 6.07) is 13.5. The largest absolute Gasteiger partial charge is 0.316 e. The van der Waals surface area contributed by atoms with Gasteiger partial charge in [0.1, 0.15) is 0 Å². The van der Waals surface area contributed by atoms with E-state index in [1.54, 1.807) is 47.4 Å². The molecule has 0 saturated carbocycles. The van der Waals surface area contributed by atoms with E-state index < -0.39 is 9.84 Å². The first-order valence-corrected chi connectivity index (χ1v) is 11.6. The maximum atomic E-state index is 12.6. The van der Waals surface area contributed by atoms with Crippen LogP contribution >= 0.6 is 35.0 Å². The second kappa shape index (κ2) is 7.13. The van der Waals surface area contributed by atoms with Gasteiger partial charge in [0.15, 0.2) is 15.0 Å². The van der Waals surface area contributed by atoms with Crippen molar-refractivity contribution in [3.05, 3.63) is 64.1 Å². The minimum atomic E-state index is -3.13. The predicted molar refractivity (Wildman–Crippen MR) is 111 cm³/mol. The van der Waals surface area contributed by atoms with E-state index in [0.717, 1.165) is 0 Å². The van der Waals surface area contributed by atoms with Crippen LogP contribution in [0.2, 0.25) is 10.0 Å². The Balaban J connectivity index is 1.75. The van der Waals surface area contributed by atoms with Gasteiger partial charge in [-0.05, 0) is 30.3 Å². The van der Waals surface area contributed by atoms with Gasteiger partial charge in [-0.2, -0.15) is 4.99 Å². The lowest BCUT2D eigenvalue weighted by atomic mass is 10.2. The van der Waals surface area contributed by atoms with Crippen LogP contribution in [0.25, 0.3) is 0 Å². The van der Waals surface area contributed by atoms with Gasteiger partial charge in [-0.25, -0.2) is 8.42 Å². The number of nitrogens with zero attached hydrogens (tertiary/aromatic N) is 2. The Morgan fingerprint density at radius 1 is 1.07 bits per heavy atom. The number of rotatable bonds is 2. The van der Waals surface area contributed by atoms with E-state index in [-0.39, 0.29) is 28.7 Å². The topological polar surface area (TPSA) is 66.8 Å².